The molecule has 0 amide bonds. The lowest BCUT2D eigenvalue weighted by Gasteiger charge is -2.24. The maximum Gasteiger partial charge on any atom is 0.151 e. The molecule has 2 aromatic heterocycles. The van der Waals surface area contributed by atoms with Crippen molar-refractivity contribution in [3.8, 4) is 0 Å². The standard InChI is InChI=1S/C14H20N4S/c1-4-15-10-12-7-8-14(17-16-12)18(3)11(2)13-6-5-9-19-13/h5-9,11,15H,4,10H2,1-3H3. The number of nitrogens with zero attached hydrogens (tertiary/aromatic N) is 3. The van der Waals surface area contributed by atoms with Crippen molar-refractivity contribution in [2.45, 2.75) is 26.4 Å². The molecule has 2 heterocycles. The first-order valence-electron chi connectivity index (χ1n) is 6.52. The van der Waals surface area contributed by atoms with Gasteiger partial charge in [0.1, 0.15) is 0 Å². The SMILES string of the molecule is CCNCc1ccc(N(C)C(C)c2cccs2)nn1. The molecule has 1 atom stereocenters. The fourth-order valence-electron chi connectivity index (χ4n) is 1.81. The number of thiophene rings is 1. The molecule has 0 saturated carbocycles. The van der Waals surface area contributed by atoms with E-state index in [0.29, 0.717) is 6.04 Å². The fraction of sp³-hybridized carbons (Fsp3) is 0.429. The zero-order valence-corrected chi connectivity index (χ0v) is 12.4. The van der Waals surface area contributed by atoms with Crippen LogP contribution in [0.2, 0.25) is 0 Å². The summed E-state index contributed by atoms with van der Waals surface area (Å²) in [5, 5.41) is 13.9. The Morgan fingerprint density at radius 1 is 1.32 bits per heavy atom. The number of rotatable bonds is 6. The molecular formula is C14H20N4S. The average molecular weight is 276 g/mol. The van der Waals surface area contributed by atoms with E-state index in [1.165, 1.54) is 4.88 Å². The molecule has 0 aliphatic heterocycles. The Hall–Kier alpha value is -1.46. The van der Waals surface area contributed by atoms with Crippen LogP contribution in [-0.2, 0) is 6.54 Å². The second kappa shape index (κ2) is 6.63. The summed E-state index contributed by atoms with van der Waals surface area (Å²) in [4.78, 5) is 3.48. The van der Waals surface area contributed by atoms with E-state index in [1.807, 2.05) is 12.1 Å². The van der Waals surface area contributed by atoms with E-state index < -0.39 is 0 Å². The largest absolute Gasteiger partial charge is 0.351 e. The van der Waals surface area contributed by atoms with Crippen LogP contribution in [0.5, 0.6) is 0 Å². The van der Waals surface area contributed by atoms with E-state index in [1.54, 1.807) is 11.3 Å². The minimum absolute atomic E-state index is 0.314. The van der Waals surface area contributed by atoms with Crippen LogP contribution in [0.4, 0.5) is 5.82 Å². The second-order valence-electron chi connectivity index (χ2n) is 4.47. The molecule has 0 radical (unpaired) electrons. The average Bonchev–Trinajstić information content (AvgIpc) is 2.98. The minimum atomic E-state index is 0.314. The zero-order valence-electron chi connectivity index (χ0n) is 11.6. The lowest BCUT2D eigenvalue weighted by Crippen LogP contribution is -2.22. The van der Waals surface area contributed by atoms with Crippen LogP contribution in [0.15, 0.2) is 29.6 Å². The third-order valence-corrected chi connectivity index (χ3v) is 4.20. The minimum Gasteiger partial charge on any atom is -0.351 e. The Morgan fingerprint density at radius 2 is 2.16 bits per heavy atom. The molecule has 2 rings (SSSR count). The first-order valence-corrected chi connectivity index (χ1v) is 7.40. The van der Waals surface area contributed by atoms with Crippen LogP contribution >= 0.6 is 11.3 Å². The van der Waals surface area contributed by atoms with Gasteiger partial charge in [0.15, 0.2) is 5.82 Å². The Labute approximate surface area is 118 Å². The van der Waals surface area contributed by atoms with E-state index >= 15 is 0 Å². The lowest BCUT2D eigenvalue weighted by atomic mass is 10.2. The first-order chi connectivity index (χ1) is 9.22. The van der Waals surface area contributed by atoms with Gasteiger partial charge < -0.3 is 10.2 Å². The molecule has 1 N–H and O–H groups in total. The van der Waals surface area contributed by atoms with Gasteiger partial charge in [-0.3, -0.25) is 0 Å². The lowest BCUT2D eigenvalue weighted by molar-refractivity contribution is 0.688. The van der Waals surface area contributed by atoms with Crippen molar-refractivity contribution in [2.75, 3.05) is 18.5 Å². The highest BCUT2D eigenvalue weighted by Crippen LogP contribution is 2.26. The molecule has 0 aliphatic rings. The Bertz CT molecular complexity index is 481. The quantitative estimate of drug-likeness (QED) is 0.881. The van der Waals surface area contributed by atoms with Crippen molar-refractivity contribution in [1.29, 1.82) is 0 Å². The maximum absolute atomic E-state index is 4.30. The van der Waals surface area contributed by atoms with Crippen molar-refractivity contribution in [1.82, 2.24) is 15.5 Å². The molecule has 5 heteroatoms. The smallest absolute Gasteiger partial charge is 0.151 e. The first kappa shape index (κ1) is 14.0. The molecular weight excluding hydrogens is 256 g/mol. The van der Waals surface area contributed by atoms with Crippen LogP contribution in [0.1, 0.15) is 30.5 Å². The summed E-state index contributed by atoms with van der Waals surface area (Å²) >= 11 is 1.77. The van der Waals surface area contributed by atoms with Crippen molar-refractivity contribution in [3.63, 3.8) is 0 Å². The third-order valence-electron chi connectivity index (χ3n) is 3.16. The predicted octanol–water partition coefficient (Wildman–Crippen LogP) is 2.85. The van der Waals surface area contributed by atoms with E-state index in [2.05, 4.69) is 58.8 Å². The van der Waals surface area contributed by atoms with Gasteiger partial charge in [-0.2, -0.15) is 5.10 Å². The molecule has 0 spiro atoms. The summed E-state index contributed by atoms with van der Waals surface area (Å²) in [7, 11) is 2.05. The molecule has 1 unspecified atom stereocenters. The van der Waals surface area contributed by atoms with Gasteiger partial charge in [0.2, 0.25) is 0 Å². The van der Waals surface area contributed by atoms with Gasteiger partial charge in [-0.15, -0.1) is 16.4 Å². The van der Waals surface area contributed by atoms with Crippen LogP contribution in [0, 0.1) is 0 Å². The summed E-state index contributed by atoms with van der Waals surface area (Å²) in [6, 6.07) is 8.61. The van der Waals surface area contributed by atoms with Crippen molar-refractivity contribution in [2.24, 2.45) is 0 Å². The topological polar surface area (TPSA) is 41.0 Å². The van der Waals surface area contributed by atoms with Crippen molar-refractivity contribution < 1.29 is 0 Å². The summed E-state index contributed by atoms with van der Waals surface area (Å²) in [6.45, 7) is 5.98. The molecule has 0 aromatic carbocycles. The molecule has 0 saturated heterocycles. The second-order valence-corrected chi connectivity index (χ2v) is 5.44. The summed E-state index contributed by atoms with van der Waals surface area (Å²) in [5.74, 6) is 0.904. The van der Waals surface area contributed by atoms with Gasteiger partial charge in [-0.25, -0.2) is 0 Å². The van der Waals surface area contributed by atoms with Gasteiger partial charge in [-0.05, 0) is 37.0 Å². The van der Waals surface area contributed by atoms with Gasteiger partial charge in [0.05, 0.1) is 11.7 Å². The Balaban J connectivity index is 2.05. The molecule has 19 heavy (non-hydrogen) atoms. The van der Waals surface area contributed by atoms with Gasteiger partial charge in [0.25, 0.3) is 0 Å². The molecule has 0 fully saturated rings. The zero-order chi connectivity index (χ0) is 13.7. The molecule has 2 aromatic rings. The van der Waals surface area contributed by atoms with E-state index in [4.69, 9.17) is 0 Å². The Kier molecular flexibility index (Phi) is 4.87. The number of hydrogen-bond acceptors (Lipinski definition) is 5. The van der Waals surface area contributed by atoms with Crippen LogP contribution in [0.25, 0.3) is 0 Å². The van der Waals surface area contributed by atoms with Crippen LogP contribution in [-0.4, -0.2) is 23.8 Å². The van der Waals surface area contributed by atoms with Gasteiger partial charge in [0, 0.05) is 18.5 Å². The predicted molar refractivity (Wildman–Crippen MR) is 80.5 cm³/mol. The highest BCUT2D eigenvalue weighted by molar-refractivity contribution is 7.10. The van der Waals surface area contributed by atoms with Crippen LogP contribution < -0.4 is 10.2 Å². The van der Waals surface area contributed by atoms with E-state index in [-0.39, 0.29) is 0 Å². The molecule has 0 bridgehead atoms. The number of aromatic nitrogens is 2. The maximum atomic E-state index is 4.30. The van der Waals surface area contributed by atoms with Crippen molar-refractivity contribution >= 4 is 17.2 Å². The van der Waals surface area contributed by atoms with Crippen LogP contribution in [0.3, 0.4) is 0 Å². The van der Waals surface area contributed by atoms with E-state index in [0.717, 1.165) is 24.6 Å². The van der Waals surface area contributed by atoms with Gasteiger partial charge in [-0.1, -0.05) is 13.0 Å². The monoisotopic (exact) mass is 276 g/mol. The third kappa shape index (κ3) is 3.52. The normalized spacial score (nSPS) is 12.4. The van der Waals surface area contributed by atoms with Gasteiger partial charge >= 0.3 is 0 Å². The number of anilines is 1. The molecule has 4 nitrogen and oxygen atoms in total. The highest BCUT2D eigenvalue weighted by Gasteiger charge is 2.14. The number of nitrogens with one attached hydrogen (secondary N) is 1. The summed E-state index contributed by atoms with van der Waals surface area (Å²) in [6.07, 6.45) is 0. The highest BCUT2D eigenvalue weighted by atomic mass is 32.1. The number of hydrogen-bond donors (Lipinski definition) is 1. The van der Waals surface area contributed by atoms with Crippen molar-refractivity contribution in [3.05, 3.63) is 40.2 Å². The Morgan fingerprint density at radius 3 is 2.74 bits per heavy atom. The molecule has 102 valence electrons. The summed E-state index contributed by atoms with van der Waals surface area (Å²) < 4.78 is 0. The van der Waals surface area contributed by atoms with E-state index in [9.17, 15) is 0 Å². The molecule has 0 aliphatic carbocycles. The summed E-state index contributed by atoms with van der Waals surface area (Å²) in [5.41, 5.74) is 0.975. The fourth-order valence-corrected chi connectivity index (χ4v) is 2.63.